The van der Waals surface area contributed by atoms with Crippen LogP contribution in [-0.2, 0) is 32.7 Å². The number of phosphoric ester groups is 1. The van der Waals surface area contributed by atoms with Gasteiger partial charge in [-0.2, -0.15) is 0 Å². The standard InChI is InChI=1S/C33H65O8P/c1-4-7-9-11-13-15-17-19-21-23-25-27-32(34)38-29-31(30-40-42(36,37)39-6-3)41-33(35)28-26-24-22-20-18-16-14-12-10-8-5-2/h31H,4-30H2,1-3H3,(H,36,37). The van der Waals surface area contributed by atoms with Gasteiger partial charge < -0.3 is 14.4 Å². The molecule has 42 heavy (non-hydrogen) atoms. The van der Waals surface area contributed by atoms with E-state index in [9.17, 15) is 19.0 Å². The Morgan fingerprint density at radius 2 is 0.929 bits per heavy atom. The normalized spacial score (nSPS) is 13.5. The largest absolute Gasteiger partial charge is 0.472 e. The van der Waals surface area contributed by atoms with Crippen LogP contribution in [0.1, 0.15) is 175 Å². The SMILES string of the molecule is CCCCCCCCCCCCCC(=O)OCC(COP(=O)(O)OCC)OC(=O)CCCCCCCCCCCCC. The van der Waals surface area contributed by atoms with Gasteiger partial charge in [0.2, 0.25) is 0 Å². The summed E-state index contributed by atoms with van der Waals surface area (Å²) in [5, 5.41) is 0. The molecule has 0 amide bonds. The average Bonchev–Trinajstić information content (AvgIpc) is 2.96. The molecule has 0 heterocycles. The van der Waals surface area contributed by atoms with E-state index in [1.807, 2.05) is 0 Å². The lowest BCUT2D eigenvalue weighted by Gasteiger charge is -2.19. The summed E-state index contributed by atoms with van der Waals surface area (Å²) in [4.78, 5) is 34.4. The summed E-state index contributed by atoms with van der Waals surface area (Å²) in [7, 11) is -4.26. The summed E-state index contributed by atoms with van der Waals surface area (Å²) in [6.45, 7) is 5.45. The Morgan fingerprint density at radius 3 is 1.33 bits per heavy atom. The first-order valence-electron chi connectivity index (χ1n) is 17.3. The highest BCUT2D eigenvalue weighted by Gasteiger charge is 2.25. The first kappa shape index (κ1) is 41.0. The number of ether oxygens (including phenoxy) is 2. The minimum Gasteiger partial charge on any atom is -0.462 e. The van der Waals surface area contributed by atoms with Crippen LogP contribution in [0.3, 0.4) is 0 Å². The fourth-order valence-electron chi connectivity index (χ4n) is 4.86. The van der Waals surface area contributed by atoms with Crippen LogP contribution >= 0.6 is 7.82 Å². The quantitative estimate of drug-likeness (QED) is 0.0450. The predicted molar refractivity (Wildman–Crippen MR) is 170 cm³/mol. The molecule has 2 atom stereocenters. The molecule has 0 radical (unpaired) electrons. The number of hydrogen-bond donors (Lipinski definition) is 1. The van der Waals surface area contributed by atoms with Crippen LogP contribution in [0.4, 0.5) is 0 Å². The summed E-state index contributed by atoms with van der Waals surface area (Å²) in [6, 6.07) is 0. The van der Waals surface area contributed by atoms with Crippen molar-refractivity contribution in [2.45, 2.75) is 181 Å². The van der Waals surface area contributed by atoms with Gasteiger partial charge in [0.05, 0.1) is 13.2 Å². The highest BCUT2D eigenvalue weighted by atomic mass is 31.2. The monoisotopic (exact) mass is 620 g/mol. The third-order valence-corrected chi connectivity index (χ3v) is 8.47. The van der Waals surface area contributed by atoms with Crippen LogP contribution in [0.2, 0.25) is 0 Å². The minimum absolute atomic E-state index is 0.00499. The summed E-state index contributed by atoms with van der Waals surface area (Å²) in [5.41, 5.74) is 0. The van der Waals surface area contributed by atoms with E-state index in [0.717, 1.165) is 38.5 Å². The molecule has 0 aromatic heterocycles. The first-order chi connectivity index (χ1) is 20.3. The van der Waals surface area contributed by atoms with Gasteiger partial charge in [0.25, 0.3) is 0 Å². The number of esters is 2. The van der Waals surface area contributed by atoms with Gasteiger partial charge >= 0.3 is 19.8 Å². The molecule has 0 fully saturated rings. The molecule has 0 saturated heterocycles. The molecule has 2 unspecified atom stereocenters. The molecule has 8 nitrogen and oxygen atoms in total. The van der Waals surface area contributed by atoms with Crippen LogP contribution in [0.5, 0.6) is 0 Å². The average molecular weight is 621 g/mol. The van der Waals surface area contributed by atoms with Crippen molar-refractivity contribution in [2.75, 3.05) is 19.8 Å². The number of unbranched alkanes of at least 4 members (excludes halogenated alkanes) is 20. The van der Waals surface area contributed by atoms with Crippen molar-refractivity contribution in [2.24, 2.45) is 0 Å². The predicted octanol–water partition coefficient (Wildman–Crippen LogP) is 10.00. The van der Waals surface area contributed by atoms with Crippen LogP contribution < -0.4 is 0 Å². The van der Waals surface area contributed by atoms with Crippen LogP contribution in [0, 0.1) is 0 Å². The van der Waals surface area contributed by atoms with Crippen molar-refractivity contribution in [1.29, 1.82) is 0 Å². The molecule has 0 saturated carbocycles. The van der Waals surface area contributed by atoms with Gasteiger partial charge in [-0.05, 0) is 19.8 Å². The number of rotatable bonds is 32. The van der Waals surface area contributed by atoms with Gasteiger partial charge in [0.15, 0.2) is 6.10 Å². The molecule has 250 valence electrons. The van der Waals surface area contributed by atoms with Crippen molar-refractivity contribution < 1.29 is 37.6 Å². The summed E-state index contributed by atoms with van der Waals surface area (Å²) in [6.07, 6.45) is 25.8. The van der Waals surface area contributed by atoms with Gasteiger partial charge in [-0.25, -0.2) is 4.57 Å². The number of carbonyl (C=O) groups is 2. The van der Waals surface area contributed by atoms with E-state index in [-0.39, 0.29) is 32.2 Å². The second-order valence-corrected chi connectivity index (χ2v) is 13.0. The lowest BCUT2D eigenvalue weighted by Crippen LogP contribution is -2.29. The Morgan fingerprint density at radius 1 is 0.548 bits per heavy atom. The lowest BCUT2D eigenvalue weighted by molar-refractivity contribution is -0.161. The van der Waals surface area contributed by atoms with E-state index in [4.69, 9.17) is 18.5 Å². The number of hydrogen-bond acceptors (Lipinski definition) is 7. The van der Waals surface area contributed by atoms with Gasteiger partial charge in [-0.15, -0.1) is 0 Å². The van der Waals surface area contributed by atoms with Gasteiger partial charge in [-0.3, -0.25) is 18.6 Å². The minimum atomic E-state index is -4.26. The lowest BCUT2D eigenvalue weighted by atomic mass is 10.1. The van der Waals surface area contributed by atoms with Crippen LogP contribution in [-0.4, -0.2) is 42.8 Å². The van der Waals surface area contributed by atoms with E-state index in [0.29, 0.717) is 6.42 Å². The second-order valence-electron chi connectivity index (χ2n) is 11.5. The highest BCUT2D eigenvalue weighted by molar-refractivity contribution is 7.47. The van der Waals surface area contributed by atoms with Crippen molar-refractivity contribution in [3.8, 4) is 0 Å². The van der Waals surface area contributed by atoms with Gasteiger partial charge in [-0.1, -0.05) is 142 Å². The molecule has 0 aliphatic rings. The number of phosphoric acid groups is 1. The van der Waals surface area contributed by atoms with E-state index in [1.54, 1.807) is 6.92 Å². The van der Waals surface area contributed by atoms with Crippen molar-refractivity contribution in [1.82, 2.24) is 0 Å². The Bertz CT molecular complexity index is 672. The smallest absolute Gasteiger partial charge is 0.462 e. The summed E-state index contributed by atoms with van der Waals surface area (Å²) in [5.74, 6) is -0.792. The Labute approximate surface area is 258 Å². The zero-order valence-corrected chi connectivity index (χ0v) is 28.3. The summed E-state index contributed by atoms with van der Waals surface area (Å²) >= 11 is 0. The van der Waals surface area contributed by atoms with E-state index in [2.05, 4.69) is 13.8 Å². The second kappa shape index (κ2) is 30.1. The molecule has 0 aromatic carbocycles. The topological polar surface area (TPSA) is 108 Å². The van der Waals surface area contributed by atoms with E-state index in [1.165, 1.54) is 103 Å². The van der Waals surface area contributed by atoms with E-state index < -0.39 is 19.9 Å². The maximum atomic E-state index is 12.4. The maximum Gasteiger partial charge on any atom is 0.472 e. The zero-order valence-electron chi connectivity index (χ0n) is 27.4. The molecule has 0 spiro atoms. The summed E-state index contributed by atoms with van der Waals surface area (Å²) < 4.78 is 32.4. The molecule has 0 aromatic rings. The first-order valence-corrected chi connectivity index (χ1v) is 18.8. The van der Waals surface area contributed by atoms with Gasteiger partial charge in [0, 0.05) is 12.8 Å². The third-order valence-electron chi connectivity index (χ3n) is 7.41. The molecule has 0 bridgehead atoms. The van der Waals surface area contributed by atoms with E-state index >= 15 is 0 Å². The van der Waals surface area contributed by atoms with Crippen LogP contribution in [0.25, 0.3) is 0 Å². The molecule has 0 rings (SSSR count). The zero-order chi connectivity index (χ0) is 31.2. The third kappa shape index (κ3) is 29.1. The highest BCUT2D eigenvalue weighted by Crippen LogP contribution is 2.43. The Kier molecular flexibility index (Phi) is 29.4. The molecule has 1 N–H and O–H groups in total. The van der Waals surface area contributed by atoms with Crippen molar-refractivity contribution in [3.63, 3.8) is 0 Å². The molecule has 0 aliphatic heterocycles. The molecule has 9 heteroatoms. The molecular formula is C33H65O8P. The number of carbonyl (C=O) groups excluding carboxylic acids is 2. The maximum absolute atomic E-state index is 12.4. The Hall–Kier alpha value is -0.950. The fraction of sp³-hybridized carbons (Fsp3) is 0.939. The van der Waals surface area contributed by atoms with Gasteiger partial charge in [0.1, 0.15) is 6.61 Å². The molecule has 0 aliphatic carbocycles. The van der Waals surface area contributed by atoms with Crippen molar-refractivity contribution in [3.05, 3.63) is 0 Å². The molecular weight excluding hydrogens is 555 g/mol. The Balaban J connectivity index is 4.18. The fourth-order valence-corrected chi connectivity index (χ4v) is 5.62. The van der Waals surface area contributed by atoms with Crippen LogP contribution in [0.15, 0.2) is 0 Å². The van der Waals surface area contributed by atoms with Crippen molar-refractivity contribution >= 4 is 19.8 Å².